The van der Waals surface area contributed by atoms with Crippen LogP contribution in [-0.4, -0.2) is 46.3 Å². The molecule has 0 unspecified atom stereocenters. The summed E-state index contributed by atoms with van der Waals surface area (Å²) in [5, 5.41) is 4.60. The van der Waals surface area contributed by atoms with Gasteiger partial charge in [0.1, 0.15) is 0 Å². The molecule has 8 heteroatoms. The third-order valence-corrected chi connectivity index (χ3v) is 6.64. The van der Waals surface area contributed by atoms with Gasteiger partial charge < -0.3 is 16.2 Å². The van der Waals surface area contributed by atoms with Crippen molar-refractivity contribution in [1.29, 1.82) is 0 Å². The van der Waals surface area contributed by atoms with Gasteiger partial charge in [-0.05, 0) is 66.8 Å². The summed E-state index contributed by atoms with van der Waals surface area (Å²) in [7, 11) is 0. The molecule has 30 heavy (non-hydrogen) atoms. The maximum absolute atomic E-state index is 12.1. The minimum atomic E-state index is -0.503. The number of nitrogens with two attached hydrogens (primary N) is 2. The van der Waals surface area contributed by atoms with Gasteiger partial charge in [-0.25, -0.2) is 8.99 Å². The van der Waals surface area contributed by atoms with Crippen molar-refractivity contribution in [3.63, 3.8) is 0 Å². The van der Waals surface area contributed by atoms with Crippen LogP contribution >= 0.6 is 11.9 Å². The lowest BCUT2D eigenvalue weighted by molar-refractivity contribution is 0.0773. The Hall–Kier alpha value is -2.81. The van der Waals surface area contributed by atoms with Crippen LogP contribution in [0.1, 0.15) is 21.6 Å². The Morgan fingerprint density at radius 1 is 1.07 bits per heavy atom. The van der Waals surface area contributed by atoms with E-state index in [-0.39, 0.29) is 0 Å². The molecular weight excluding hydrogens is 398 g/mol. The second kappa shape index (κ2) is 7.79. The molecule has 1 saturated heterocycles. The maximum Gasteiger partial charge on any atom is 0.269 e. The number of ether oxygens (including phenoxy) is 1. The predicted octanol–water partition coefficient (Wildman–Crippen LogP) is 2.66. The summed E-state index contributed by atoms with van der Waals surface area (Å²) in [5.74, 6) is -0.503. The molecule has 7 nitrogen and oxygen atoms in total. The zero-order chi connectivity index (χ0) is 20.7. The molecule has 0 bridgehead atoms. The third-order valence-electron chi connectivity index (χ3n) is 5.54. The first-order valence-corrected chi connectivity index (χ1v) is 10.8. The second-order valence-electron chi connectivity index (χ2n) is 7.49. The molecule has 3 aromatic rings. The van der Waals surface area contributed by atoms with Gasteiger partial charge >= 0.3 is 0 Å². The first-order chi connectivity index (χ1) is 14.6. The summed E-state index contributed by atoms with van der Waals surface area (Å²) >= 11 is 1.73. The molecule has 1 aliphatic heterocycles. The number of hydrogen-bond acceptors (Lipinski definition) is 6. The number of amides is 1. The van der Waals surface area contributed by atoms with Crippen molar-refractivity contribution in [3.8, 4) is 16.9 Å². The van der Waals surface area contributed by atoms with E-state index in [4.69, 9.17) is 16.2 Å². The number of nitrogens with zero attached hydrogens (tertiary/aromatic N) is 3. The van der Waals surface area contributed by atoms with Gasteiger partial charge in [-0.1, -0.05) is 6.07 Å². The SMILES string of the molecule is NC(=O)c1nn(-c2ccc(SN3CCOCC3)cc2)c2c1CCc1ccc(N)cc1-2. The summed E-state index contributed by atoms with van der Waals surface area (Å²) in [6.45, 7) is 3.37. The van der Waals surface area contributed by atoms with Gasteiger partial charge in [-0.15, -0.1) is 0 Å². The molecule has 0 radical (unpaired) electrons. The normalized spacial score (nSPS) is 16.1. The number of carbonyl (C=O) groups is 1. The van der Waals surface area contributed by atoms with Crippen molar-refractivity contribution in [2.45, 2.75) is 17.7 Å². The van der Waals surface area contributed by atoms with Crippen LogP contribution in [-0.2, 0) is 17.6 Å². The van der Waals surface area contributed by atoms with E-state index in [1.54, 1.807) is 11.9 Å². The van der Waals surface area contributed by atoms with Crippen molar-refractivity contribution >= 4 is 23.5 Å². The number of hydrogen-bond donors (Lipinski definition) is 2. The van der Waals surface area contributed by atoms with E-state index < -0.39 is 5.91 Å². The molecule has 154 valence electrons. The number of morpholine rings is 1. The van der Waals surface area contributed by atoms with Crippen molar-refractivity contribution in [2.75, 3.05) is 32.0 Å². The predicted molar refractivity (Wildman–Crippen MR) is 118 cm³/mol. The maximum atomic E-state index is 12.1. The molecule has 5 rings (SSSR count). The molecule has 2 aromatic carbocycles. The van der Waals surface area contributed by atoms with Crippen LogP contribution < -0.4 is 11.5 Å². The molecule has 1 aliphatic carbocycles. The van der Waals surface area contributed by atoms with E-state index >= 15 is 0 Å². The fourth-order valence-corrected chi connectivity index (χ4v) is 4.96. The number of aromatic nitrogens is 2. The van der Waals surface area contributed by atoms with E-state index in [0.717, 1.165) is 66.5 Å². The minimum absolute atomic E-state index is 0.338. The zero-order valence-corrected chi connectivity index (χ0v) is 17.3. The van der Waals surface area contributed by atoms with Crippen LogP contribution in [0.2, 0.25) is 0 Å². The topological polar surface area (TPSA) is 99.4 Å². The molecule has 0 spiro atoms. The van der Waals surface area contributed by atoms with Crippen LogP contribution in [0.15, 0.2) is 47.4 Å². The van der Waals surface area contributed by atoms with Gasteiger partial charge in [0.15, 0.2) is 5.69 Å². The Morgan fingerprint density at radius 3 is 2.57 bits per heavy atom. The number of nitrogen functional groups attached to an aromatic ring is 1. The number of rotatable bonds is 4. The van der Waals surface area contributed by atoms with Crippen LogP contribution in [0, 0.1) is 0 Å². The average Bonchev–Trinajstić information content (AvgIpc) is 3.15. The Bertz CT molecular complexity index is 1100. The Morgan fingerprint density at radius 2 is 1.83 bits per heavy atom. The van der Waals surface area contributed by atoms with Crippen LogP contribution in [0.25, 0.3) is 16.9 Å². The Labute approximate surface area is 179 Å². The summed E-state index contributed by atoms with van der Waals surface area (Å²) in [6, 6.07) is 14.1. The highest BCUT2D eigenvalue weighted by Gasteiger charge is 2.28. The van der Waals surface area contributed by atoms with Crippen molar-refractivity contribution in [3.05, 3.63) is 59.3 Å². The second-order valence-corrected chi connectivity index (χ2v) is 8.67. The molecule has 4 N–H and O–H groups in total. The van der Waals surface area contributed by atoms with Crippen molar-refractivity contribution in [2.24, 2.45) is 5.73 Å². The molecule has 2 aliphatic rings. The molecule has 2 heterocycles. The smallest absolute Gasteiger partial charge is 0.269 e. The Balaban J connectivity index is 1.54. The first-order valence-electron chi connectivity index (χ1n) is 10.0. The molecular formula is C22H23N5O2S. The van der Waals surface area contributed by atoms with Crippen LogP contribution in [0.3, 0.4) is 0 Å². The molecule has 1 amide bonds. The van der Waals surface area contributed by atoms with Crippen molar-refractivity contribution in [1.82, 2.24) is 14.1 Å². The van der Waals surface area contributed by atoms with Crippen LogP contribution in [0.5, 0.6) is 0 Å². The lowest BCUT2D eigenvalue weighted by atomic mass is 9.88. The largest absolute Gasteiger partial charge is 0.399 e. The van der Waals surface area contributed by atoms with Gasteiger partial charge in [0.25, 0.3) is 5.91 Å². The number of primary amides is 1. The van der Waals surface area contributed by atoms with Gasteiger partial charge in [-0.3, -0.25) is 4.79 Å². The lowest BCUT2D eigenvalue weighted by Gasteiger charge is -2.25. The lowest BCUT2D eigenvalue weighted by Crippen LogP contribution is -2.30. The summed E-state index contributed by atoms with van der Waals surface area (Å²) < 4.78 is 9.55. The van der Waals surface area contributed by atoms with E-state index in [1.165, 1.54) is 5.56 Å². The number of benzene rings is 2. The number of aryl methyl sites for hydroxylation is 1. The average molecular weight is 422 g/mol. The third kappa shape index (κ3) is 3.47. The van der Waals surface area contributed by atoms with E-state index in [9.17, 15) is 4.79 Å². The standard InChI is InChI=1S/C22H23N5O2S/c23-15-3-1-14-2-8-18-20(22(24)28)25-27(21(18)19(14)13-15)16-4-6-17(7-5-16)30-26-9-11-29-12-10-26/h1,3-7,13H,2,8-12,23H2,(H2,24,28). The summed E-state index contributed by atoms with van der Waals surface area (Å²) in [4.78, 5) is 13.2. The zero-order valence-electron chi connectivity index (χ0n) is 16.5. The highest BCUT2D eigenvalue weighted by molar-refractivity contribution is 7.97. The first kappa shape index (κ1) is 19.2. The van der Waals surface area contributed by atoms with Gasteiger partial charge in [0.05, 0.1) is 24.6 Å². The van der Waals surface area contributed by atoms with E-state index in [1.807, 2.05) is 28.9 Å². The number of fused-ring (bicyclic) bond motifs is 3. The van der Waals surface area contributed by atoms with Gasteiger partial charge in [0.2, 0.25) is 0 Å². The number of carbonyl (C=O) groups excluding carboxylic acids is 1. The molecule has 1 aromatic heterocycles. The Kier molecular flexibility index (Phi) is 4.98. The molecule has 1 fully saturated rings. The van der Waals surface area contributed by atoms with Crippen LogP contribution in [0.4, 0.5) is 5.69 Å². The quantitative estimate of drug-likeness (QED) is 0.496. The number of anilines is 1. The van der Waals surface area contributed by atoms with Gasteiger partial charge in [0, 0.05) is 34.8 Å². The van der Waals surface area contributed by atoms with E-state index in [0.29, 0.717) is 11.4 Å². The van der Waals surface area contributed by atoms with Crippen molar-refractivity contribution < 1.29 is 9.53 Å². The summed E-state index contributed by atoms with van der Waals surface area (Å²) in [5.41, 5.74) is 17.7. The highest BCUT2D eigenvalue weighted by atomic mass is 32.2. The highest BCUT2D eigenvalue weighted by Crippen LogP contribution is 2.38. The van der Waals surface area contributed by atoms with Gasteiger partial charge in [-0.2, -0.15) is 5.10 Å². The fraction of sp³-hybridized carbons (Fsp3) is 0.273. The van der Waals surface area contributed by atoms with E-state index in [2.05, 4.69) is 27.6 Å². The fourth-order valence-electron chi connectivity index (χ4n) is 4.08. The minimum Gasteiger partial charge on any atom is -0.399 e. The molecule has 0 atom stereocenters. The monoisotopic (exact) mass is 421 g/mol. The summed E-state index contributed by atoms with van der Waals surface area (Å²) in [6.07, 6.45) is 1.57. The molecule has 0 saturated carbocycles.